The lowest BCUT2D eigenvalue weighted by Crippen LogP contribution is -2.22. The van der Waals surface area contributed by atoms with Gasteiger partial charge in [0.25, 0.3) is 5.91 Å². The molecule has 0 bridgehead atoms. The Balaban J connectivity index is 1.42. The van der Waals surface area contributed by atoms with Crippen molar-refractivity contribution in [2.45, 2.75) is 44.2 Å². The number of aliphatic hydroxyl groups excluding tert-OH is 1. The number of carbonyl (C=O) groups is 1. The van der Waals surface area contributed by atoms with Crippen molar-refractivity contribution in [3.63, 3.8) is 0 Å². The van der Waals surface area contributed by atoms with Crippen LogP contribution in [0.1, 0.15) is 42.1 Å². The van der Waals surface area contributed by atoms with Gasteiger partial charge in [0.05, 0.1) is 22.7 Å². The van der Waals surface area contributed by atoms with E-state index >= 15 is 0 Å². The summed E-state index contributed by atoms with van der Waals surface area (Å²) in [6.45, 7) is 0. The van der Waals surface area contributed by atoms with Gasteiger partial charge in [0.2, 0.25) is 5.95 Å². The number of ether oxygens (including phenoxy) is 1. The molecule has 0 spiro atoms. The van der Waals surface area contributed by atoms with Crippen LogP contribution in [0.3, 0.4) is 0 Å². The second-order valence-electron chi connectivity index (χ2n) is 10.1. The molecule has 1 saturated carbocycles. The molecule has 0 aliphatic heterocycles. The minimum absolute atomic E-state index is 0.0592. The van der Waals surface area contributed by atoms with E-state index in [1.807, 2.05) is 6.07 Å². The highest BCUT2D eigenvalue weighted by Crippen LogP contribution is 2.38. The topological polar surface area (TPSA) is 117 Å². The van der Waals surface area contributed by atoms with E-state index < -0.39 is 6.36 Å². The number of H-pyrrole nitrogens is 1. The van der Waals surface area contributed by atoms with Crippen molar-refractivity contribution < 1.29 is 27.8 Å². The highest BCUT2D eigenvalue weighted by atomic mass is 19.4. The first kappa shape index (κ1) is 26.6. The van der Waals surface area contributed by atoms with Gasteiger partial charge >= 0.3 is 6.36 Å². The van der Waals surface area contributed by atoms with Crippen LogP contribution in [0.2, 0.25) is 0 Å². The van der Waals surface area contributed by atoms with Gasteiger partial charge in [-0.2, -0.15) is 5.10 Å². The number of hydrogen-bond donors (Lipinski definition) is 4. The molecule has 2 aromatic heterocycles. The van der Waals surface area contributed by atoms with E-state index in [0.717, 1.165) is 18.4 Å². The lowest BCUT2D eigenvalue weighted by atomic mass is 9.93. The zero-order valence-corrected chi connectivity index (χ0v) is 22.0. The number of anilines is 2. The Morgan fingerprint density at radius 2 is 1.85 bits per heavy atom. The Morgan fingerprint density at radius 3 is 2.61 bits per heavy atom. The number of carbonyl (C=O) groups excluding carboxylic acids is 1. The number of nitrogens with one attached hydrogen (secondary N) is 3. The average Bonchev–Trinajstić information content (AvgIpc) is 3.52. The number of fused-ring (bicyclic) bond motifs is 2. The first-order chi connectivity index (χ1) is 19.7. The molecule has 4 N–H and O–H groups in total. The molecule has 5 aromatic rings. The van der Waals surface area contributed by atoms with E-state index in [9.17, 15) is 23.1 Å². The zero-order valence-electron chi connectivity index (χ0n) is 22.0. The van der Waals surface area contributed by atoms with Crippen LogP contribution in [0, 0.1) is 0 Å². The predicted octanol–water partition coefficient (Wildman–Crippen LogP) is 6.06. The quantitative estimate of drug-likeness (QED) is 0.199. The predicted molar refractivity (Wildman–Crippen MR) is 148 cm³/mol. The van der Waals surface area contributed by atoms with E-state index in [0.29, 0.717) is 52.2 Å². The fraction of sp³-hybridized carbons (Fsp3) is 0.276. The standard InChI is InChI=1S/C29H27F3N6O3/c1-33-27(40)17-7-13-24-23(15-17)34-28(38(24)18-8-10-19(39)11-9-18)35-26-21-14-16(6-12-22(21)36-37-26)20-4-2-3-5-25(20)41-29(30,31)32/h2-7,12-15,18-19,39H,8-11H2,1H3,(H,33,40)(H2,34,35,36,37). The molecule has 1 aliphatic rings. The lowest BCUT2D eigenvalue weighted by molar-refractivity contribution is -0.274. The van der Waals surface area contributed by atoms with Crippen molar-refractivity contribution in [2.24, 2.45) is 0 Å². The number of halogens is 3. The van der Waals surface area contributed by atoms with Crippen LogP contribution in [0.4, 0.5) is 24.9 Å². The highest BCUT2D eigenvalue weighted by molar-refractivity contribution is 5.98. The number of para-hydroxylation sites is 1. The summed E-state index contributed by atoms with van der Waals surface area (Å²) in [6, 6.07) is 16.6. The van der Waals surface area contributed by atoms with Crippen LogP contribution in [0.15, 0.2) is 60.7 Å². The maximum absolute atomic E-state index is 13.0. The third-order valence-corrected chi connectivity index (χ3v) is 7.43. The number of aromatic amines is 1. The molecule has 1 fully saturated rings. The van der Waals surface area contributed by atoms with Gasteiger partial charge < -0.3 is 25.0 Å². The molecular weight excluding hydrogens is 537 g/mol. The van der Waals surface area contributed by atoms with Gasteiger partial charge in [-0.05, 0) is 67.6 Å². The Morgan fingerprint density at radius 1 is 1.07 bits per heavy atom. The summed E-state index contributed by atoms with van der Waals surface area (Å²) in [7, 11) is 1.57. The SMILES string of the molecule is CNC(=O)c1ccc2c(c1)nc(Nc1n[nH]c3ccc(-c4ccccc4OC(F)(F)F)cc13)n2C1CCC(O)CC1. The van der Waals surface area contributed by atoms with E-state index in [4.69, 9.17) is 4.98 Å². The zero-order chi connectivity index (χ0) is 28.7. The Kier molecular flexibility index (Phi) is 6.78. The first-order valence-electron chi connectivity index (χ1n) is 13.2. The van der Waals surface area contributed by atoms with E-state index in [-0.39, 0.29) is 29.4 Å². The van der Waals surface area contributed by atoms with Crippen molar-refractivity contribution in [2.75, 3.05) is 12.4 Å². The van der Waals surface area contributed by atoms with Crippen LogP contribution in [0.5, 0.6) is 5.75 Å². The van der Waals surface area contributed by atoms with Crippen LogP contribution in [-0.2, 0) is 0 Å². The number of benzene rings is 3. The molecule has 0 atom stereocenters. The average molecular weight is 565 g/mol. The highest BCUT2D eigenvalue weighted by Gasteiger charge is 2.32. The molecule has 1 aliphatic carbocycles. The van der Waals surface area contributed by atoms with Gasteiger partial charge in [-0.15, -0.1) is 13.2 Å². The summed E-state index contributed by atoms with van der Waals surface area (Å²) in [5.74, 6) is 0.424. The van der Waals surface area contributed by atoms with Crippen molar-refractivity contribution in [3.8, 4) is 16.9 Å². The number of imidazole rings is 1. The summed E-state index contributed by atoms with van der Waals surface area (Å²) in [5, 5.41) is 24.1. The van der Waals surface area contributed by atoms with E-state index in [2.05, 4.69) is 30.1 Å². The second-order valence-corrected chi connectivity index (χ2v) is 10.1. The van der Waals surface area contributed by atoms with Crippen LogP contribution in [0.25, 0.3) is 33.1 Å². The Bertz CT molecular complexity index is 1740. The minimum Gasteiger partial charge on any atom is -0.405 e. The normalized spacial score (nSPS) is 17.6. The van der Waals surface area contributed by atoms with Crippen LogP contribution in [-0.4, -0.2) is 50.3 Å². The van der Waals surface area contributed by atoms with Gasteiger partial charge in [-0.3, -0.25) is 9.89 Å². The maximum atomic E-state index is 13.0. The largest absolute Gasteiger partial charge is 0.573 e. The van der Waals surface area contributed by atoms with Gasteiger partial charge in [0.15, 0.2) is 5.82 Å². The molecule has 12 heteroatoms. The van der Waals surface area contributed by atoms with Crippen molar-refractivity contribution in [1.82, 2.24) is 25.1 Å². The van der Waals surface area contributed by atoms with Crippen LogP contribution >= 0.6 is 0 Å². The molecule has 6 rings (SSSR count). The minimum atomic E-state index is -4.82. The Hall–Kier alpha value is -4.58. The fourth-order valence-electron chi connectivity index (χ4n) is 5.46. The first-order valence-corrected chi connectivity index (χ1v) is 13.2. The molecule has 0 radical (unpaired) electrons. The van der Waals surface area contributed by atoms with Crippen molar-refractivity contribution in [3.05, 3.63) is 66.2 Å². The monoisotopic (exact) mass is 564 g/mol. The number of amides is 1. The third-order valence-electron chi connectivity index (χ3n) is 7.43. The maximum Gasteiger partial charge on any atom is 0.573 e. The van der Waals surface area contributed by atoms with Crippen LogP contribution < -0.4 is 15.4 Å². The number of rotatable bonds is 6. The van der Waals surface area contributed by atoms with Crippen molar-refractivity contribution >= 4 is 39.6 Å². The van der Waals surface area contributed by atoms with Gasteiger partial charge in [0.1, 0.15) is 5.75 Å². The Labute approximate surface area is 232 Å². The second kappa shape index (κ2) is 10.4. The molecule has 41 heavy (non-hydrogen) atoms. The molecular formula is C29H27F3N6O3. The van der Waals surface area contributed by atoms with E-state index in [1.165, 1.54) is 12.1 Å². The summed E-state index contributed by atoms with van der Waals surface area (Å²) in [6.07, 6.45) is -2.34. The molecule has 2 heterocycles. The number of nitrogens with zero attached hydrogens (tertiary/aromatic N) is 3. The smallest absolute Gasteiger partial charge is 0.405 e. The van der Waals surface area contributed by atoms with Gasteiger partial charge in [-0.1, -0.05) is 24.3 Å². The van der Waals surface area contributed by atoms with Gasteiger partial charge in [-0.25, -0.2) is 4.98 Å². The summed E-state index contributed by atoms with van der Waals surface area (Å²) < 4.78 is 45.5. The number of aliphatic hydroxyl groups is 1. The summed E-state index contributed by atoms with van der Waals surface area (Å²) in [5.41, 5.74) is 3.42. The number of hydrogen-bond acceptors (Lipinski definition) is 6. The number of alkyl halides is 3. The molecule has 0 saturated heterocycles. The lowest BCUT2D eigenvalue weighted by Gasteiger charge is -2.28. The molecule has 9 nitrogen and oxygen atoms in total. The fourth-order valence-corrected chi connectivity index (χ4v) is 5.46. The molecule has 3 aromatic carbocycles. The summed E-state index contributed by atoms with van der Waals surface area (Å²) >= 11 is 0. The third kappa shape index (κ3) is 5.30. The van der Waals surface area contributed by atoms with Gasteiger partial charge in [0, 0.05) is 29.6 Å². The molecule has 0 unspecified atom stereocenters. The number of aromatic nitrogens is 4. The van der Waals surface area contributed by atoms with E-state index in [1.54, 1.807) is 49.5 Å². The molecule has 212 valence electrons. The molecule has 1 amide bonds. The van der Waals surface area contributed by atoms with Crippen molar-refractivity contribution in [1.29, 1.82) is 0 Å². The summed E-state index contributed by atoms with van der Waals surface area (Å²) in [4.78, 5) is 17.1.